The van der Waals surface area contributed by atoms with E-state index in [1.54, 1.807) is 0 Å². The van der Waals surface area contributed by atoms with Gasteiger partial charge in [-0.25, -0.2) is 0 Å². The second kappa shape index (κ2) is 10.8. The first kappa shape index (κ1) is 28.7. The van der Waals surface area contributed by atoms with Crippen LogP contribution in [0.4, 0.5) is 0 Å². The normalized spacial score (nSPS) is 12.8. The number of rotatable bonds is 3. The van der Waals surface area contributed by atoms with Gasteiger partial charge in [0.05, 0.1) is 33.4 Å². The standard InChI is InChI=1S/C48H29BN2O2/c1-7-19-40(51-43-22-10-4-16-35(43)36-17-5-11-23-44(36)51)32(13-1)30-25-26-37-38-28-31(50-41-20-8-2-14-33(41)34-15-3-9-21-42(34)50)29-47-48(38)49(53-46(37)27-30)39-18-6-12-24-45(39)52-47/h1-29H. The average Bonchev–Trinajstić information content (AvgIpc) is 3.74. The molecule has 4 nitrogen and oxygen atoms in total. The van der Waals surface area contributed by atoms with Crippen molar-refractivity contribution < 1.29 is 9.39 Å². The Balaban J connectivity index is 1.09. The lowest BCUT2D eigenvalue weighted by Crippen LogP contribution is -2.53. The van der Waals surface area contributed by atoms with Gasteiger partial charge in [0.25, 0.3) is 0 Å². The Labute approximate surface area is 305 Å². The van der Waals surface area contributed by atoms with Crippen LogP contribution >= 0.6 is 0 Å². The predicted octanol–water partition coefficient (Wildman–Crippen LogP) is 10.8. The third-order valence-electron chi connectivity index (χ3n) is 11.2. The molecule has 2 aliphatic heterocycles. The number of hydrogen-bond donors (Lipinski definition) is 0. The Morgan fingerprint density at radius 1 is 0.396 bits per heavy atom. The minimum Gasteiger partial charge on any atom is -0.551 e. The van der Waals surface area contributed by atoms with Crippen molar-refractivity contribution >= 4 is 61.5 Å². The summed E-state index contributed by atoms with van der Waals surface area (Å²) in [5.74, 6) is 2.51. The molecule has 0 unspecified atom stereocenters. The minimum absolute atomic E-state index is 0.299. The Kier molecular flexibility index (Phi) is 5.83. The molecule has 0 bridgehead atoms. The van der Waals surface area contributed by atoms with Crippen LogP contribution < -0.4 is 20.3 Å². The van der Waals surface area contributed by atoms with E-state index < -0.39 is 0 Å². The van der Waals surface area contributed by atoms with Crippen molar-refractivity contribution in [1.82, 2.24) is 9.13 Å². The van der Waals surface area contributed by atoms with Crippen LogP contribution in [0.3, 0.4) is 0 Å². The maximum absolute atomic E-state index is 7.08. The number of hydrogen-bond acceptors (Lipinski definition) is 2. The van der Waals surface area contributed by atoms with Crippen LogP contribution in [-0.4, -0.2) is 16.0 Å². The molecule has 0 atom stereocenters. The van der Waals surface area contributed by atoms with Crippen molar-refractivity contribution in [2.45, 2.75) is 0 Å². The Bertz CT molecular complexity index is 3050. The van der Waals surface area contributed by atoms with E-state index in [1.165, 1.54) is 32.6 Å². The molecule has 0 radical (unpaired) electrons. The third kappa shape index (κ3) is 4.02. The van der Waals surface area contributed by atoms with Gasteiger partial charge in [-0.3, -0.25) is 0 Å². The van der Waals surface area contributed by atoms with E-state index in [2.05, 4.69) is 173 Å². The number of para-hydroxylation sites is 6. The number of aromatic nitrogens is 2. The predicted molar refractivity (Wildman–Crippen MR) is 218 cm³/mol. The number of fused-ring (bicyclic) bond motifs is 10. The van der Waals surface area contributed by atoms with E-state index in [-0.39, 0.29) is 6.92 Å². The van der Waals surface area contributed by atoms with E-state index in [0.717, 1.165) is 72.8 Å². The summed E-state index contributed by atoms with van der Waals surface area (Å²) in [6, 6.07) is 62.8. The molecule has 10 aromatic rings. The SMILES string of the molecule is c1ccc2c(c1)Oc1cc(-n3c4ccccc4c4ccccc43)cc3c1B2Oc1cc(-c2ccccc2-n2c4ccccc4c4ccccc42)ccc1-3. The van der Waals surface area contributed by atoms with E-state index in [1.807, 2.05) is 12.1 Å². The van der Waals surface area contributed by atoms with Gasteiger partial charge in [-0.15, -0.1) is 0 Å². The van der Waals surface area contributed by atoms with Gasteiger partial charge in [0.2, 0.25) is 0 Å². The molecule has 246 valence electrons. The Hall–Kier alpha value is -6.98. The van der Waals surface area contributed by atoms with Crippen molar-refractivity contribution in [1.29, 1.82) is 0 Å². The van der Waals surface area contributed by atoms with Gasteiger partial charge in [0, 0.05) is 49.7 Å². The van der Waals surface area contributed by atoms with Gasteiger partial charge in [0.1, 0.15) is 17.2 Å². The summed E-state index contributed by atoms with van der Waals surface area (Å²) in [6.07, 6.45) is 0. The van der Waals surface area contributed by atoms with Crippen molar-refractivity contribution in [3.8, 4) is 50.9 Å². The molecule has 0 aliphatic carbocycles. The maximum atomic E-state index is 7.08. The van der Waals surface area contributed by atoms with Gasteiger partial charge in [-0.2, -0.15) is 0 Å². The highest BCUT2D eigenvalue weighted by atomic mass is 16.5. The first-order valence-electron chi connectivity index (χ1n) is 18.1. The zero-order chi connectivity index (χ0) is 34.6. The Morgan fingerprint density at radius 2 is 0.962 bits per heavy atom. The van der Waals surface area contributed by atoms with Gasteiger partial charge in [-0.1, -0.05) is 121 Å². The zero-order valence-electron chi connectivity index (χ0n) is 28.5. The summed E-state index contributed by atoms with van der Waals surface area (Å²) in [7, 11) is 0. The van der Waals surface area contributed by atoms with Crippen LogP contribution in [-0.2, 0) is 0 Å². The fourth-order valence-electron chi connectivity index (χ4n) is 8.94. The molecule has 2 aromatic heterocycles. The van der Waals surface area contributed by atoms with Crippen molar-refractivity contribution in [3.05, 3.63) is 176 Å². The first-order valence-corrected chi connectivity index (χ1v) is 18.1. The molecule has 12 rings (SSSR count). The molecular formula is C48H29BN2O2. The van der Waals surface area contributed by atoms with Gasteiger partial charge in [0.15, 0.2) is 0 Å². The van der Waals surface area contributed by atoms with E-state index >= 15 is 0 Å². The van der Waals surface area contributed by atoms with Gasteiger partial charge < -0.3 is 18.5 Å². The van der Waals surface area contributed by atoms with E-state index in [9.17, 15) is 0 Å². The first-order chi connectivity index (χ1) is 26.3. The summed E-state index contributed by atoms with van der Waals surface area (Å²) >= 11 is 0. The number of ether oxygens (including phenoxy) is 1. The second-order valence-electron chi connectivity index (χ2n) is 14.0. The van der Waals surface area contributed by atoms with Crippen molar-refractivity contribution in [2.75, 3.05) is 0 Å². The smallest absolute Gasteiger partial charge is 0.434 e. The largest absolute Gasteiger partial charge is 0.551 e. The molecule has 2 aliphatic rings. The average molecular weight is 677 g/mol. The van der Waals surface area contributed by atoms with E-state index in [4.69, 9.17) is 9.39 Å². The highest BCUT2D eigenvalue weighted by Crippen LogP contribution is 2.44. The second-order valence-corrected chi connectivity index (χ2v) is 14.0. The highest BCUT2D eigenvalue weighted by molar-refractivity contribution is 6.84. The lowest BCUT2D eigenvalue weighted by atomic mass is 9.51. The number of nitrogens with zero attached hydrogens (tertiary/aromatic N) is 2. The Morgan fingerprint density at radius 3 is 1.64 bits per heavy atom. The third-order valence-corrected chi connectivity index (χ3v) is 11.2. The number of benzene rings is 8. The van der Waals surface area contributed by atoms with Crippen LogP contribution in [0.5, 0.6) is 17.2 Å². The zero-order valence-corrected chi connectivity index (χ0v) is 28.5. The lowest BCUT2D eigenvalue weighted by Gasteiger charge is -2.33. The molecule has 8 aromatic carbocycles. The summed E-state index contributed by atoms with van der Waals surface area (Å²) in [6.45, 7) is -0.299. The molecule has 0 saturated carbocycles. The van der Waals surface area contributed by atoms with Crippen LogP contribution in [0.15, 0.2) is 176 Å². The molecule has 53 heavy (non-hydrogen) atoms. The molecule has 5 heteroatoms. The summed E-state index contributed by atoms with van der Waals surface area (Å²) < 4.78 is 18.6. The molecule has 0 amide bonds. The molecule has 0 N–H and O–H groups in total. The summed E-state index contributed by atoms with van der Waals surface area (Å²) in [5.41, 5.74) is 13.4. The summed E-state index contributed by atoms with van der Waals surface area (Å²) in [4.78, 5) is 0. The van der Waals surface area contributed by atoms with Crippen molar-refractivity contribution in [3.63, 3.8) is 0 Å². The fourth-order valence-corrected chi connectivity index (χ4v) is 8.94. The highest BCUT2D eigenvalue weighted by Gasteiger charge is 2.41. The molecule has 0 spiro atoms. The topological polar surface area (TPSA) is 28.3 Å². The monoisotopic (exact) mass is 676 g/mol. The van der Waals surface area contributed by atoms with Crippen LogP contribution in [0.25, 0.3) is 77.2 Å². The van der Waals surface area contributed by atoms with E-state index in [0.29, 0.717) is 0 Å². The van der Waals surface area contributed by atoms with Crippen LogP contribution in [0.1, 0.15) is 0 Å². The maximum Gasteiger partial charge on any atom is 0.434 e. The van der Waals surface area contributed by atoms with Crippen molar-refractivity contribution in [2.24, 2.45) is 0 Å². The van der Waals surface area contributed by atoms with Crippen LogP contribution in [0, 0.1) is 0 Å². The van der Waals surface area contributed by atoms with Gasteiger partial charge >= 0.3 is 6.92 Å². The lowest BCUT2D eigenvalue weighted by molar-refractivity contribution is 0.479. The molecular weight excluding hydrogens is 647 g/mol. The molecule has 0 saturated heterocycles. The molecule has 0 fully saturated rings. The quantitative estimate of drug-likeness (QED) is 0.174. The molecule has 4 heterocycles. The van der Waals surface area contributed by atoms with Gasteiger partial charge in [-0.05, 0) is 59.7 Å². The summed E-state index contributed by atoms with van der Waals surface area (Å²) in [5, 5.41) is 4.95. The fraction of sp³-hybridized carbons (Fsp3) is 0. The van der Waals surface area contributed by atoms with Crippen LogP contribution in [0.2, 0.25) is 0 Å². The minimum atomic E-state index is -0.299.